The highest BCUT2D eigenvalue weighted by Crippen LogP contribution is 1.96. The Labute approximate surface area is 104 Å². The Kier molecular flexibility index (Phi) is 7.51. The van der Waals surface area contributed by atoms with E-state index in [0.29, 0.717) is 0 Å². The van der Waals surface area contributed by atoms with E-state index >= 15 is 0 Å². The molecular formula is C8H18N2O5S2. The van der Waals surface area contributed by atoms with Crippen LogP contribution in [0.5, 0.6) is 0 Å². The molecule has 0 aromatic heterocycles. The van der Waals surface area contributed by atoms with Gasteiger partial charge in [0.05, 0.1) is 13.5 Å². The SMILES string of the molecule is COC(=O)CCN(C)S(=O)(=O)NCCS(C)=O. The number of ether oxygens (including phenoxy) is 1. The fourth-order valence-corrected chi connectivity index (χ4v) is 2.33. The summed E-state index contributed by atoms with van der Waals surface area (Å²) in [6.07, 6.45) is 1.49. The zero-order valence-electron chi connectivity index (χ0n) is 10.1. The van der Waals surface area contributed by atoms with Crippen molar-refractivity contribution in [1.82, 2.24) is 9.03 Å². The number of carbonyl (C=O) groups excluding carboxylic acids is 1. The van der Waals surface area contributed by atoms with Gasteiger partial charge in [-0.1, -0.05) is 0 Å². The number of hydrogen-bond donors (Lipinski definition) is 1. The highest BCUT2D eigenvalue weighted by Gasteiger charge is 2.17. The maximum absolute atomic E-state index is 11.6. The lowest BCUT2D eigenvalue weighted by Gasteiger charge is -2.16. The zero-order valence-corrected chi connectivity index (χ0v) is 11.8. The normalized spacial score (nSPS) is 13.6. The molecule has 1 unspecified atom stereocenters. The maximum atomic E-state index is 11.6. The summed E-state index contributed by atoms with van der Waals surface area (Å²) in [4.78, 5) is 10.8. The average molecular weight is 286 g/mol. The second-order valence-corrected chi connectivity index (χ2v) is 6.74. The summed E-state index contributed by atoms with van der Waals surface area (Å²) in [5, 5.41) is 0. The van der Waals surface area contributed by atoms with E-state index in [4.69, 9.17) is 0 Å². The third kappa shape index (κ3) is 7.42. The van der Waals surface area contributed by atoms with Crippen molar-refractivity contribution in [1.29, 1.82) is 0 Å². The third-order valence-corrected chi connectivity index (χ3v) is 4.29. The summed E-state index contributed by atoms with van der Waals surface area (Å²) in [5.74, 6) is -0.217. The van der Waals surface area contributed by atoms with Crippen LogP contribution in [0.2, 0.25) is 0 Å². The van der Waals surface area contributed by atoms with Gasteiger partial charge in [0.25, 0.3) is 10.2 Å². The minimum absolute atomic E-state index is 0.00633. The van der Waals surface area contributed by atoms with Gasteiger partial charge in [-0.3, -0.25) is 9.00 Å². The van der Waals surface area contributed by atoms with Gasteiger partial charge in [-0.2, -0.15) is 12.7 Å². The standard InChI is InChI=1S/C8H18N2O5S2/c1-10(6-4-8(11)15-2)17(13,14)9-5-7-16(3)12/h9H,4-7H2,1-3H3. The molecule has 0 aliphatic heterocycles. The Morgan fingerprint density at radius 2 is 2.06 bits per heavy atom. The Morgan fingerprint density at radius 3 is 2.53 bits per heavy atom. The van der Waals surface area contributed by atoms with E-state index < -0.39 is 27.0 Å². The molecule has 17 heavy (non-hydrogen) atoms. The lowest BCUT2D eigenvalue weighted by atomic mass is 10.4. The first-order chi connectivity index (χ1) is 7.79. The van der Waals surface area contributed by atoms with Crippen LogP contribution >= 0.6 is 0 Å². The molecule has 102 valence electrons. The molecule has 0 amide bonds. The van der Waals surface area contributed by atoms with Crippen LogP contribution in [0.15, 0.2) is 0 Å². The van der Waals surface area contributed by atoms with E-state index in [2.05, 4.69) is 9.46 Å². The second kappa shape index (κ2) is 7.75. The quantitative estimate of drug-likeness (QED) is 0.560. The molecule has 9 heteroatoms. The molecule has 0 heterocycles. The largest absolute Gasteiger partial charge is 0.469 e. The summed E-state index contributed by atoms with van der Waals surface area (Å²) in [6.45, 7) is 0.144. The summed E-state index contributed by atoms with van der Waals surface area (Å²) < 4.78 is 41.6. The Hall–Kier alpha value is -0.510. The minimum Gasteiger partial charge on any atom is -0.469 e. The summed E-state index contributed by atoms with van der Waals surface area (Å²) in [7, 11) is -2.07. The predicted octanol–water partition coefficient (Wildman–Crippen LogP) is -1.31. The van der Waals surface area contributed by atoms with E-state index in [0.717, 1.165) is 4.31 Å². The second-order valence-electron chi connectivity index (χ2n) is 3.32. The lowest BCUT2D eigenvalue weighted by Crippen LogP contribution is -2.40. The van der Waals surface area contributed by atoms with Crippen LogP contribution in [-0.2, 0) is 30.5 Å². The van der Waals surface area contributed by atoms with Crippen LogP contribution < -0.4 is 4.72 Å². The van der Waals surface area contributed by atoms with E-state index in [-0.39, 0.29) is 25.3 Å². The third-order valence-electron chi connectivity index (χ3n) is 1.94. The molecule has 0 rings (SSSR count). The van der Waals surface area contributed by atoms with Gasteiger partial charge in [-0.25, -0.2) is 4.72 Å². The van der Waals surface area contributed by atoms with Gasteiger partial charge >= 0.3 is 5.97 Å². The van der Waals surface area contributed by atoms with Crippen LogP contribution in [0.4, 0.5) is 0 Å². The smallest absolute Gasteiger partial charge is 0.306 e. The van der Waals surface area contributed by atoms with Gasteiger partial charge in [-0.05, 0) is 0 Å². The Bertz CT molecular complexity index is 368. The molecule has 0 saturated carbocycles. The minimum atomic E-state index is -3.62. The lowest BCUT2D eigenvalue weighted by molar-refractivity contribution is -0.140. The van der Waals surface area contributed by atoms with Gasteiger partial charge in [0.2, 0.25) is 0 Å². The topological polar surface area (TPSA) is 92.8 Å². The number of nitrogens with one attached hydrogen (secondary N) is 1. The molecule has 0 bridgehead atoms. The zero-order chi connectivity index (χ0) is 13.5. The maximum Gasteiger partial charge on any atom is 0.306 e. The number of carbonyl (C=O) groups is 1. The van der Waals surface area contributed by atoms with E-state index in [1.807, 2.05) is 0 Å². The number of methoxy groups -OCH3 is 1. The summed E-state index contributed by atoms with van der Waals surface area (Å²) in [6, 6.07) is 0. The highest BCUT2D eigenvalue weighted by molar-refractivity contribution is 7.87. The number of rotatable bonds is 8. The van der Waals surface area contributed by atoms with Crippen molar-refractivity contribution in [3.8, 4) is 0 Å². The molecule has 0 aliphatic rings. The molecule has 0 aromatic rings. The summed E-state index contributed by atoms with van der Waals surface area (Å²) in [5.41, 5.74) is 0. The number of esters is 1. The van der Waals surface area contributed by atoms with Gasteiger partial charge in [0.15, 0.2) is 0 Å². The van der Waals surface area contributed by atoms with Crippen LogP contribution in [-0.4, -0.2) is 62.2 Å². The molecule has 1 N–H and O–H groups in total. The van der Waals surface area contributed by atoms with Crippen molar-refractivity contribution in [2.75, 3.05) is 39.3 Å². The predicted molar refractivity (Wildman–Crippen MR) is 65.1 cm³/mol. The monoisotopic (exact) mass is 286 g/mol. The fraction of sp³-hybridized carbons (Fsp3) is 0.875. The van der Waals surface area contributed by atoms with E-state index in [1.54, 1.807) is 0 Å². The molecule has 0 fully saturated rings. The van der Waals surface area contributed by atoms with Crippen molar-refractivity contribution in [3.63, 3.8) is 0 Å². The molecule has 0 aliphatic carbocycles. The molecular weight excluding hydrogens is 268 g/mol. The fourth-order valence-electron chi connectivity index (χ4n) is 0.896. The van der Waals surface area contributed by atoms with Crippen molar-refractivity contribution in [2.24, 2.45) is 0 Å². The summed E-state index contributed by atoms with van der Waals surface area (Å²) >= 11 is 0. The number of hydrogen-bond acceptors (Lipinski definition) is 5. The van der Waals surface area contributed by atoms with E-state index in [9.17, 15) is 17.4 Å². The van der Waals surface area contributed by atoms with Crippen molar-refractivity contribution in [2.45, 2.75) is 6.42 Å². The van der Waals surface area contributed by atoms with Gasteiger partial charge in [0.1, 0.15) is 0 Å². The van der Waals surface area contributed by atoms with Crippen LogP contribution in [0.1, 0.15) is 6.42 Å². The molecule has 0 saturated heterocycles. The molecule has 7 nitrogen and oxygen atoms in total. The first kappa shape index (κ1) is 16.5. The van der Waals surface area contributed by atoms with Gasteiger partial charge < -0.3 is 4.74 Å². The molecule has 1 atom stereocenters. The Balaban J connectivity index is 4.11. The van der Waals surface area contributed by atoms with Crippen LogP contribution in [0, 0.1) is 0 Å². The number of nitrogens with zero attached hydrogens (tertiary/aromatic N) is 1. The first-order valence-corrected chi connectivity index (χ1v) is 8.04. The van der Waals surface area contributed by atoms with Gasteiger partial charge in [-0.15, -0.1) is 0 Å². The van der Waals surface area contributed by atoms with Gasteiger partial charge in [0, 0.05) is 42.9 Å². The van der Waals surface area contributed by atoms with Crippen molar-refractivity contribution < 1.29 is 22.2 Å². The van der Waals surface area contributed by atoms with Crippen molar-refractivity contribution >= 4 is 27.0 Å². The molecule has 0 radical (unpaired) electrons. The van der Waals surface area contributed by atoms with Crippen molar-refractivity contribution in [3.05, 3.63) is 0 Å². The van der Waals surface area contributed by atoms with Crippen LogP contribution in [0.25, 0.3) is 0 Å². The highest BCUT2D eigenvalue weighted by atomic mass is 32.2. The molecule has 0 spiro atoms. The van der Waals surface area contributed by atoms with E-state index in [1.165, 1.54) is 20.4 Å². The Morgan fingerprint density at radius 1 is 1.47 bits per heavy atom. The first-order valence-electron chi connectivity index (χ1n) is 4.87. The van der Waals surface area contributed by atoms with Crippen LogP contribution in [0.3, 0.4) is 0 Å². The average Bonchev–Trinajstić information content (AvgIpc) is 2.24. The molecule has 0 aromatic carbocycles.